The van der Waals surface area contributed by atoms with E-state index in [2.05, 4.69) is 17.9 Å². The number of thiol groups is 1. The van der Waals surface area contributed by atoms with Crippen LogP contribution < -0.4 is 5.32 Å². The second-order valence-electron chi connectivity index (χ2n) is 3.94. The average Bonchev–Trinajstić information content (AvgIpc) is 1.94. The summed E-state index contributed by atoms with van der Waals surface area (Å²) in [5.74, 6) is 0.838. The highest BCUT2D eigenvalue weighted by molar-refractivity contribution is 7.80. The summed E-state index contributed by atoms with van der Waals surface area (Å²) >= 11 is 4.06. The summed E-state index contributed by atoms with van der Waals surface area (Å²) in [4.78, 5) is 11.1. The summed E-state index contributed by atoms with van der Waals surface area (Å²) in [7, 11) is 0. The summed E-state index contributed by atoms with van der Waals surface area (Å²) in [6, 6.07) is 0. The van der Waals surface area contributed by atoms with Gasteiger partial charge in [-0.1, -0.05) is 0 Å². The summed E-state index contributed by atoms with van der Waals surface area (Å²) in [6.07, 6.45) is 1.51. The summed E-state index contributed by atoms with van der Waals surface area (Å²) < 4.78 is 4.94. The van der Waals surface area contributed by atoms with Gasteiger partial charge in [0.25, 0.3) is 0 Å². The number of carbonyl (C=O) groups excluding carboxylic acids is 1. The zero-order chi connectivity index (χ0) is 10.3. The van der Waals surface area contributed by atoms with Crippen LogP contribution in [0.5, 0.6) is 0 Å². The fourth-order valence-electron chi connectivity index (χ4n) is 0.721. The minimum Gasteiger partial charge on any atom is -0.450 e. The minimum atomic E-state index is -0.341. The Bertz CT molecular complexity index is 154. The lowest BCUT2D eigenvalue weighted by Crippen LogP contribution is -2.41. The molecule has 0 fully saturated rings. The zero-order valence-electron chi connectivity index (χ0n) is 8.59. The minimum absolute atomic E-state index is 0.222. The number of ether oxygens (including phenoxy) is 1. The predicted octanol–water partition coefficient (Wildman–Crippen LogP) is 2.22. The Kier molecular flexibility index (Phi) is 5.95. The molecule has 0 atom stereocenters. The lowest BCUT2D eigenvalue weighted by atomic mass is 10.1. The number of nitrogens with one attached hydrogen (secondary N) is 1. The van der Waals surface area contributed by atoms with Crippen molar-refractivity contribution in [2.75, 3.05) is 12.4 Å². The van der Waals surface area contributed by atoms with Gasteiger partial charge in [-0.2, -0.15) is 12.6 Å². The van der Waals surface area contributed by atoms with Crippen LogP contribution in [0.4, 0.5) is 4.79 Å². The van der Waals surface area contributed by atoms with Crippen LogP contribution in [-0.4, -0.2) is 24.0 Å². The van der Waals surface area contributed by atoms with E-state index in [4.69, 9.17) is 4.74 Å². The van der Waals surface area contributed by atoms with E-state index in [1.807, 2.05) is 20.8 Å². The molecule has 0 bridgehead atoms. The Morgan fingerprint density at radius 1 is 1.38 bits per heavy atom. The molecular formula is C9H19NO2S. The van der Waals surface area contributed by atoms with Crippen molar-refractivity contribution in [1.29, 1.82) is 0 Å². The molecule has 0 saturated carbocycles. The smallest absolute Gasteiger partial charge is 0.407 e. The van der Waals surface area contributed by atoms with Crippen molar-refractivity contribution in [2.45, 2.75) is 39.2 Å². The van der Waals surface area contributed by atoms with Gasteiger partial charge in [0.2, 0.25) is 0 Å². The van der Waals surface area contributed by atoms with Gasteiger partial charge < -0.3 is 10.1 Å². The van der Waals surface area contributed by atoms with Crippen LogP contribution in [0.1, 0.15) is 33.6 Å². The maximum atomic E-state index is 11.1. The first-order chi connectivity index (χ1) is 5.95. The highest BCUT2D eigenvalue weighted by Crippen LogP contribution is 1.99. The number of hydrogen-bond acceptors (Lipinski definition) is 3. The molecule has 3 nitrogen and oxygen atoms in total. The number of hydrogen-bond donors (Lipinski definition) is 2. The normalized spacial score (nSPS) is 11.1. The molecule has 0 heterocycles. The fourth-order valence-corrected chi connectivity index (χ4v) is 0.945. The topological polar surface area (TPSA) is 38.3 Å². The van der Waals surface area contributed by atoms with Crippen molar-refractivity contribution < 1.29 is 9.53 Å². The first-order valence-electron chi connectivity index (χ1n) is 4.51. The molecular weight excluding hydrogens is 186 g/mol. The van der Waals surface area contributed by atoms with Crippen LogP contribution in [0.15, 0.2) is 0 Å². The van der Waals surface area contributed by atoms with E-state index in [1.54, 1.807) is 0 Å². The molecule has 0 unspecified atom stereocenters. The lowest BCUT2D eigenvalue weighted by Gasteiger charge is -2.19. The molecule has 0 aromatic rings. The van der Waals surface area contributed by atoms with Crippen molar-refractivity contribution in [2.24, 2.45) is 0 Å². The van der Waals surface area contributed by atoms with Gasteiger partial charge in [0, 0.05) is 5.54 Å². The third-order valence-electron chi connectivity index (χ3n) is 1.26. The van der Waals surface area contributed by atoms with Gasteiger partial charge in [0.05, 0.1) is 6.61 Å². The van der Waals surface area contributed by atoms with E-state index >= 15 is 0 Å². The lowest BCUT2D eigenvalue weighted by molar-refractivity contribution is 0.136. The maximum absolute atomic E-state index is 11.1. The van der Waals surface area contributed by atoms with Gasteiger partial charge in [0.15, 0.2) is 0 Å². The summed E-state index contributed by atoms with van der Waals surface area (Å²) in [6.45, 7) is 6.23. The maximum Gasteiger partial charge on any atom is 0.407 e. The average molecular weight is 205 g/mol. The Hall–Kier alpha value is -0.380. The third-order valence-corrected chi connectivity index (χ3v) is 1.58. The first-order valence-corrected chi connectivity index (χ1v) is 5.15. The molecule has 0 aliphatic carbocycles. The number of amides is 1. The number of rotatable bonds is 4. The van der Waals surface area contributed by atoms with E-state index in [1.165, 1.54) is 0 Å². The monoisotopic (exact) mass is 205 g/mol. The van der Waals surface area contributed by atoms with Crippen LogP contribution in [0.2, 0.25) is 0 Å². The Morgan fingerprint density at radius 3 is 2.46 bits per heavy atom. The molecule has 4 heteroatoms. The van der Waals surface area contributed by atoms with Crippen LogP contribution in [-0.2, 0) is 4.74 Å². The van der Waals surface area contributed by atoms with Gasteiger partial charge in [-0.15, -0.1) is 0 Å². The number of alkyl carbamates (subject to hydrolysis) is 1. The van der Waals surface area contributed by atoms with Gasteiger partial charge in [0.1, 0.15) is 0 Å². The fraction of sp³-hybridized carbons (Fsp3) is 0.889. The SMILES string of the molecule is CC(C)(C)NC(=O)OCCCCS. The van der Waals surface area contributed by atoms with Crippen molar-refractivity contribution in [3.63, 3.8) is 0 Å². The second kappa shape index (κ2) is 6.13. The zero-order valence-corrected chi connectivity index (χ0v) is 9.49. The van der Waals surface area contributed by atoms with Crippen molar-refractivity contribution in [1.82, 2.24) is 5.32 Å². The molecule has 0 aliphatic heterocycles. The van der Waals surface area contributed by atoms with Gasteiger partial charge in [-0.3, -0.25) is 0 Å². The van der Waals surface area contributed by atoms with Gasteiger partial charge in [-0.05, 0) is 39.4 Å². The van der Waals surface area contributed by atoms with Gasteiger partial charge >= 0.3 is 6.09 Å². The van der Waals surface area contributed by atoms with Crippen molar-refractivity contribution >= 4 is 18.7 Å². The van der Waals surface area contributed by atoms with Crippen molar-refractivity contribution in [3.05, 3.63) is 0 Å². The van der Waals surface area contributed by atoms with Crippen LogP contribution in [0.25, 0.3) is 0 Å². The van der Waals surface area contributed by atoms with Crippen LogP contribution >= 0.6 is 12.6 Å². The van der Waals surface area contributed by atoms with E-state index in [9.17, 15) is 4.79 Å². The highest BCUT2D eigenvalue weighted by Gasteiger charge is 2.13. The van der Waals surface area contributed by atoms with E-state index in [0.29, 0.717) is 6.61 Å². The molecule has 1 amide bonds. The molecule has 0 radical (unpaired) electrons. The molecule has 1 N–H and O–H groups in total. The largest absolute Gasteiger partial charge is 0.450 e. The van der Waals surface area contributed by atoms with Crippen LogP contribution in [0.3, 0.4) is 0 Å². The molecule has 0 saturated heterocycles. The Balaban J connectivity index is 3.41. The van der Waals surface area contributed by atoms with E-state index in [-0.39, 0.29) is 11.6 Å². The molecule has 0 aromatic carbocycles. The standard InChI is InChI=1S/C9H19NO2S/c1-9(2,3)10-8(11)12-6-4-5-7-13/h13H,4-7H2,1-3H3,(H,10,11). The van der Waals surface area contributed by atoms with Crippen LogP contribution in [0, 0.1) is 0 Å². The highest BCUT2D eigenvalue weighted by atomic mass is 32.1. The molecule has 0 rings (SSSR count). The quantitative estimate of drug-likeness (QED) is 0.545. The summed E-state index contributed by atoms with van der Waals surface area (Å²) in [5.41, 5.74) is -0.222. The van der Waals surface area contributed by atoms with E-state index in [0.717, 1.165) is 18.6 Å². The van der Waals surface area contributed by atoms with E-state index < -0.39 is 0 Å². The number of carbonyl (C=O) groups is 1. The van der Waals surface area contributed by atoms with Crippen molar-refractivity contribution in [3.8, 4) is 0 Å². The van der Waals surface area contributed by atoms with Gasteiger partial charge in [-0.25, -0.2) is 4.79 Å². The molecule has 0 spiro atoms. The Morgan fingerprint density at radius 2 is 2.00 bits per heavy atom. The molecule has 78 valence electrons. The molecule has 0 aliphatic rings. The second-order valence-corrected chi connectivity index (χ2v) is 4.39. The third kappa shape index (κ3) is 9.53. The molecule has 0 aromatic heterocycles. The summed E-state index contributed by atoms with van der Waals surface area (Å²) in [5, 5.41) is 2.72. The number of unbranched alkanes of at least 4 members (excludes halogenated alkanes) is 1. The predicted molar refractivity (Wildman–Crippen MR) is 57.3 cm³/mol. The Labute approximate surface area is 85.6 Å². The molecule has 13 heavy (non-hydrogen) atoms. The first kappa shape index (κ1) is 12.6.